The molecule has 3 nitrogen and oxygen atoms in total. The van der Waals surface area contributed by atoms with Gasteiger partial charge in [0.05, 0.1) is 11.9 Å². The third-order valence-corrected chi connectivity index (χ3v) is 3.62. The van der Waals surface area contributed by atoms with Crippen LogP contribution in [0.5, 0.6) is 0 Å². The average molecular weight is 265 g/mol. The van der Waals surface area contributed by atoms with Crippen LogP contribution in [0.1, 0.15) is 82.9 Å². The number of hydrogen-bond acceptors (Lipinski definition) is 2. The van der Waals surface area contributed by atoms with Gasteiger partial charge in [0.2, 0.25) is 0 Å². The van der Waals surface area contributed by atoms with Crippen molar-refractivity contribution in [2.24, 2.45) is 5.73 Å². The van der Waals surface area contributed by atoms with Gasteiger partial charge in [-0.2, -0.15) is 0 Å². The summed E-state index contributed by atoms with van der Waals surface area (Å²) in [5, 5.41) is 0. The highest BCUT2D eigenvalue weighted by molar-refractivity contribution is 5.03. The summed E-state index contributed by atoms with van der Waals surface area (Å²) in [4.78, 5) is 4.57. The number of hydrogen-bond donors (Lipinski definition) is 1. The maximum absolute atomic E-state index is 5.95. The van der Waals surface area contributed by atoms with Crippen LogP contribution in [0.2, 0.25) is 0 Å². The minimum Gasteiger partial charge on any atom is -0.319 e. The van der Waals surface area contributed by atoms with Gasteiger partial charge >= 0.3 is 0 Å². The Morgan fingerprint density at radius 1 is 1.11 bits per heavy atom. The Bertz CT molecular complexity index is 342. The van der Waals surface area contributed by atoms with Crippen LogP contribution < -0.4 is 5.73 Å². The van der Waals surface area contributed by atoms with E-state index in [0.717, 1.165) is 17.9 Å². The molecular weight excluding hydrogens is 234 g/mol. The van der Waals surface area contributed by atoms with Gasteiger partial charge in [0.15, 0.2) is 0 Å². The summed E-state index contributed by atoms with van der Waals surface area (Å²) in [7, 11) is 0. The van der Waals surface area contributed by atoms with Gasteiger partial charge in [-0.1, -0.05) is 51.9 Å². The molecule has 0 amide bonds. The maximum Gasteiger partial charge on any atom is 0.110 e. The second-order valence-electron chi connectivity index (χ2n) is 5.67. The van der Waals surface area contributed by atoms with Crippen LogP contribution in [0.25, 0.3) is 0 Å². The van der Waals surface area contributed by atoms with Crippen LogP contribution in [-0.2, 0) is 6.42 Å². The highest BCUT2D eigenvalue weighted by Gasteiger charge is 2.07. The Labute approximate surface area is 118 Å². The molecule has 1 aromatic heterocycles. The first-order chi connectivity index (χ1) is 9.15. The first-order valence-corrected chi connectivity index (χ1v) is 7.95. The van der Waals surface area contributed by atoms with Gasteiger partial charge in [0.1, 0.15) is 5.82 Å². The van der Waals surface area contributed by atoms with E-state index in [2.05, 4.69) is 22.7 Å². The Balaban J connectivity index is 2.15. The van der Waals surface area contributed by atoms with Crippen molar-refractivity contribution in [2.45, 2.75) is 84.7 Å². The van der Waals surface area contributed by atoms with Crippen molar-refractivity contribution in [3.8, 4) is 0 Å². The molecule has 3 heteroatoms. The molecule has 1 heterocycles. The second-order valence-corrected chi connectivity index (χ2v) is 5.67. The van der Waals surface area contributed by atoms with Crippen LogP contribution >= 0.6 is 0 Å². The van der Waals surface area contributed by atoms with E-state index in [4.69, 9.17) is 5.73 Å². The zero-order valence-corrected chi connectivity index (χ0v) is 13.0. The van der Waals surface area contributed by atoms with Crippen LogP contribution in [0.4, 0.5) is 0 Å². The molecule has 0 aromatic carbocycles. The van der Waals surface area contributed by atoms with E-state index in [1.165, 1.54) is 51.4 Å². The molecule has 1 aromatic rings. The number of aryl methyl sites for hydroxylation is 2. The van der Waals surface area contributed by atoms with Gasteiger partial charge in [-0.15, -0.1) is 0 Å². The lowest BCUT2D eigenvalue weighted by atomic mass is 10.1. The van der Waals surface area contributed by atoms with Gasteiger partial charge in [-0.25, -0.2) is 4.98 Å². The Kier molecular flexibility index (Phi) is 7.80. The average Bonchev–Trinajstić information content (AvgIpc) is 2.74. The van der Waals surface area contributed by atoms with E-state index in [9.17, 15) is 0 Å². The fraction of sp³-hybridized carbons (Fsp3) is 0.812. The molecule has 110 valence electrons. The number of imidazole rings is 1. The lowest BCUT2D eigenvalue weighted by molar-refractivity contribution is 0.524. The second kappa shape index (κ2) is 9.13. The number of nitrogens with zero attached hydrogens (tertiary/aromatic N) is 2. The molecule has 0 spiro atoms. The number of nitrogens with two attached hydrogens (primary N) is 1. The quantitative estimate of drug-likeness (QED) is 0.639. The van der Waals surface area contributed by atoms with Gasteiger partial charge in [-0.3, -0.25) is 0 Å². The molecule has 0 bridgehead atoms. The molecule has 19 heavy (non-hydrogen) atoms. The molecular formula is C16H31N3. The lowest BCUT2D eigenvalue weighted by Gasteiger charge is -2.11. The van der Waals surface area contributed by atoms with Gasteiger partial charge in [0, 0.05) is 12.6 Å². The summed E-state index contributed by atoms with van der Waals surface area (Å²) in [6, 6.07) is 0. The molecule has 0 aliphatic heterocycles. The third-order valence-electron chi connectivity index (χ3n) is 3.62. The Hall–Kier alpha value is -0.830. The summed E-state index contributed by atoms with van der Waals surface area (Å²) >= 11 is 0. The minimum atomic E-state index is 0.0326. The summed E-state index contributed by atoms with van der Waals surface area (Å²) < 4.78 is 2.11. The van der Waals surface area contributed by atoms with Crippen LogP contribution in [0, 0.1) is 6.92 Å². The van der Waals surface area contributed by atoms with Crippen molar-refractivity contribution < 1.29 is 0 Å². The van der Waals surface area contributed by atoms with Crippen molar-refractivity contribution >= 4 is 0 Å². The van der Waals surface area contributed by atoms with Crippen molar-refractivity contribution in [2.75, 3.05) is 0 Å². The molecule has 1 unspecified atom stereocenters. The highest BCUT2D eigenvalue weighted by Crippen LogP contribution is 2.13. The summed E-state index contributed by atoms with van der Waals surface area (Å²) in [5.41, 5.74) is 7.03. The fourth-order valence-electron chi connectivity index (χ4n) is 2.52. The van der Waals surface area contributed by atoms with Crippen LogP contribution in [-0.4, -0.2) is 9.55 Å². The molecule has 1 rings (SSSR count). The first kappa shape index (κ1) is 16.2. The predicted octanol–water partition coefficient (Wildman–Crippen LogP) is 4.35. The van der Waals surface area contributed by atoms with Gasteiger partial charge in [0.25, 0.3) is 0 Å². The van der Waals surface area contributed by atoms with E-state index in [1.807, 2.05) is 13.8 Å². The zero-order valence-electron chi connectivity index (χ0n) is 13.0. The van der Waals surface area contributed by atoms with E-state index in [1.54, 1.807) is 0 Å². The SMILES string of the molecule is CCCCCCCCCCc1nc(C)cn1C(C)N. The number of rotatable bonds is 10. The molecule has 1 atom stereocenters. The third kappa shape index (κ3) is 6.24. The number of unbranched alkanes of at least 4 members (excludes halogenated alkanes) is 7. The highest BCUT2D eigenvalue weighted by atomic mass is 15.1. The van der Waals surface area contributed by atoms with E-state index < -0.39 is 0 Å². The molecule has 0 fully saturated rings. The Morgan fingerprint density at radius 3 is 2.26 bits per heavy atom. The molecule has 2 N–H and O–H groups in total. The summed E-state index contributed by atoms with van der Waals surface area (Å²) in [5.74, 6) is 1.15. The van der Waals surface area contributed by atoms with Crippen LogP contribution in [0.15, 0.2) is 6.20 Å². The normalized spacial score (nSPS) is 12.8. The van der Waals surface area contributed by atoms with Crippen LogP contribution in [0.3, 0.4) is 0 Å². The first-order valence-electron chi connectivity index (χ1n) is 7.95. The summed E-state index contributed by atoms with van der Waals surface area (Å²) in [6.45, 7) is 6.32. The fourth-order valence-corrected chi connectivity index (χ4v) is 2.52. The molecule has 0 saturated carbocycles. The standard InChI is InChI=1S/C16H31N3/c1-4-5-6-7-8-9-10-11-12-16-18-14(2)13-19(16)15(3)17/h13,15H,4-12,17H2,1-3H3. The van der Waals surface area contributed by atoms with Crippen molar-refractivity contribution in [3.05, 3.63) is 17.7 Å². The largest absolute Gasteiger partial charge is 0.319 e. The van der Waals surface area contributed by atoms with Crippen molar-refractivity contribution in [1.29, 1.82) is 0 Å². The topological polar surface area (TPSA) is 43.8 Å². The lowest BCUT2D eigenvalue weighted by Crippen LogP contribution is -2.16. The van der Waals surface area contributed by atoms with E-state index >= 15 is 0 Å². The Morgan fingerprint density at radius 2 is 1.68 bits per heavy atom. The molecule has 0 radical (unpaired) electrons. The van der Waals surface area contributed by atoms with Gasteiger partial charge < -0.3 is 10.3 Å². The molecule has 0 aliphatic carbocycles. The molecule has 0 aliphatic rings. The maximum atomic E-state index is 5.95. The zero-order chi connectivity index (χ0) is 14.1. The monoisotopic (exact) mass is 265 g/mol. The van der Waals surface area contributed by atoms with E-state index in [0.29, 0.717) is 0 Å². The molecule has 0 saturated heterocycles. The van der Waals surface area contributed by atoms with Gasteiger partial charge in [-0.05, 0) is 20.3 Å². The van der Waals surface area contributed by atoms with Crippen molar-refractivity contribution in [3.63, 3.8) is 0 Å². The minimum absolute atomic E-state index is 0.0326. The smallest absolute Gasteiger partial charge is 0.110 e. The summed E-state index contributed by atoms with van der Waals surface area (Å²) in [6.07, 6.45) is 14.0. The van der Waals surface area contributed by atoms with Crippen molar-refractivity contribution in [1.82, 2.24) is 9.55 Å². The predicted molar refractivity (Wildman–Crippen MR) is 82.2 cm³/mol. The number of aromatic nitrogens is 2. The van der Waals surface area contributed by atoms with E-state index in [-0.39, 0.29) is 6.17 Å².